The summed E-state index contributed by atoms with van der Waals surface area (Å²) < 4.78 is 0. The zero-order valence-electron chi connectivity index (χ0n) is 7.56. The largest absolute Gasteiger partial charge is 0.356 e. The molecule has 4 nitrogen and oxygen atoms in total. The van der Waals surface area contributed by atoms with Gasteiger partial charge in [0.1, 0.15) is 12.1 Å². The molecule has 0 aromatic carbocycles. The highest BCUT2D eigenvalue weighted by Crippen LogP contribution is 2.20. The molecule has 1 atom stereocenters. The second kappa shape index (κ2) is 3.70. The van der Waals surface area contributed by atoms with Crippen LogP contribution in [-0.4, -0.2) is 29.6 Å². The van der Waals surface area contributed by atoms with Crippen molar-refractivity contribution in [1.82, 2.24) is 9.97 Å². The SMILES string of the molecule is NCC1CCN(c2ccncn2)C1. The van der Waals surface area contributed by atoms with Gasteiger partial charge in [-0.15, -0.1) is 0 Å². The van der Waals surface area contributed by atoms with Crippen LogP contribution in [0.5, 0.6) is 0 Å². The molecule has 0 spiro atoms. The molecule has 2 heterocycles. The van der Waals surface area contributed by atoms with Crippen LogP contribution in [-0.2, 0) is 0 Å². The van der Waals surface area contributed by atoms with Gasteiger partial charge in [0, 0.05) is 19.3 Å². The summed E-state index contributed by atoms with van der Waals surface area (Å²) in [5.41, 5.74) is 5.61. The third-order valence-electron chi connectivity index (χ3n) is 2.51. The molecule has 1 aliphatic heterocycles. The van der Waals surface area contributed by atoms with E-state index in [0.29, 0.717) is 5.92 Å². The van der Waals surface area contributed by atoms with E-state index in [2.05, 4.69) is 14.9 Å². The normalized spacial score (nSPS) is 22.2. The van der Waals surface area contributed by atoms with Gasteiger partial charge in [-0.2, -0.15) is 0 Å². The molecule has 0 aliphatic carbocycles. The highest BCUT2D eigenvalue weighted by molar-refractivity contribution is 5.37. The van der Waals surface area contributed by atoms with Crippen LogP contribution >= 0.6 is 0 Å². The lowest BCUT2D eigenvalue weighted by molar-refractivity contribution is 0.602. The number of hydrogen-bond acceptors (Lipinski definition) is 4. The predicted octanol–water partition coefficient (Wildman–Crippen LogP) is 0.262. The summed E-state index contributed by atoms with van der Waals surface area (Å²) in [6.45, 7) is 2.88. The van der Waals surface area contributed by atoms with Gasteiger partial charge in [-0.3, -0.25) is 0 Å². The number of aromatic nitrogens is 2. The zero-order valence-corrected chi connectivity index (χ0v) is 7.56. The summed E-state index contributed by atoms with van der Waals surface area (Å²) in [5, 5.41) is 0. The van der Waals surface area contributed by atoms with Gasteiger partial charge in [-0.1, -0.05) is 0 Å². The Labute approximate surface area is 77.8 Å². The first-order chi connectivity index (χ1) is 6.40. The highest BCUT2D eigenvalue weighted by atomic mass is 15.2. The minimum absolute atomic E-state index is 0.634. The molecule has 4 heteroatoms. The summed E-state index contributed by atoms with van der Waals surface area (Å²) in [4.78, 5) is 10.4. The van der Waals surface area contributed by atoms with Gasteiger partial charge < -0.3 is 10.6 Å². The Morgan fingerprint density at radius 1 is 1.62 bits per heavy atom. The van der Waals surface area contributed by atoms with E-state index in [1.165, 1.54) is 6.42 Å². The van der Waals surface area contributed by atoms with E-state index in [0.717, 1.165) is 25.5 Å². The molecule has 2 N–H and O–H groups in total. The molecule has 1 saturated heterocycles. The molecule has 13 heavy (non-hydrogen) atoms. The Balaban J connectivity index is 2.04. The summed E-state index contributed by atoms with van der Waals surface area (Å²) in [7, 11) is 0. The lowest BCUT2D eigenvalue weighted by Crippen LogP contribution is -2.23. The van der Waals surface area contributed by atoms with Gasteiger partial charge in [0.2, 0.25) is 0 Å². The Morgan fingerprint density at radius 2 is 2.54 bits per heavy atom. The highest BCUT2D eigenvalue weighted by Gasteiger charge is 2.21. The van der Waals surface area contributed by atoms with Crippen molar-refractivity contribution in [2.45, 2.75) is 6.42 Å². The molecule has 2 rings (SSSR count). The smallest absolute Gasteiger partial charge is 0.131 e. The number of nitrogens with zero attached hydrogens (tertiary/aromatic N) is 3. The van der Waals surface area contributed by atoms with Gasteiger partial charge in [0.15, 0.2) is 0 Å². The third kappa shape index (κ3) is 1.78. The molecule has 0 amide bonds. The number of anilines is 1. The Kier molecular flexibility index (Phi) is 2.40. The van der Waals surface area contributed by atoms with Gasteiger partial charge in [0.05, 0.1) is 0 Å². The van der Waals surface area contributed by atoms with Crippen LogP contribution in [0.3, 0.4) is 0 Å². The average Bonchev–Trinajstić information content (AvgIpc) is 2.67. The van der Waals surface area contributed by atoms with Crippen LogP contribution in [0.1, 0.15) is 6.42 Å². The van der Waals surface area contributed by atoms with Crippen molar-refractivity contribution in [3.05, 3.63) is 18.6 Å². The van der Waals surface area contributed by atoms with Crippen molar-refractivity contribution in [2.24, 2.45) is 11.7 Å². The third-order valence-corrected chi connectivity index (χ3v) is 2.51. The second-order valence-electron chi connectivity index (χ2n) is 3.40. The average molecular weight is 178 g/mol. The quantitative estimate of drug-likeness (QED) is 0.706. The number of rotatable bonds is 2. The molecule has 1 aromatic rings. The molecule has 1 aromatic heterocycles. The van der Waals surface area contributed by atoms with Crippen LogP contribution in [0, 0.1) is 5.92 Å². The standard InChI is InChI=1S/C9H14N4/c10-5-8-2-4-13(6-8)9-1-3-11-7-12-9/h1,3,7-8H,2,4-6,10H2. The van der Waals surface area contributed by atoms with E-state index in [4.69, 9.17) is 5.73 Å². The fraction of sp³-hybridized carbons (Fsp3) is 0.556. The van der Waals surface area contributed by atoms with Gasteiger partial charge >= 0.3 is 0 Å². The van der Waals surface area contributed by atoms with Crippen LogP contribution in [0.25, 0.3) is 0 Å². The lowest BCUT2D eigenvalue weighted by Gasteiger charge is -2.16. The fourth-order valence-corrected chi connectivity index (χ4v) is 1.70. The van der Waals surface area contributed by atoms with E-state index in [-0.39, 0.29) is 0 Å². The first-order valence-electron chi connectivity index (χ1n) is 4.61. The van der Waals surface area contributed by atoms with Crippen LogP contribution < -0.4 is 10.6 Å². The van der Waals surface area contributed by atoms with E-state index in [1.807, 2.05) is 6.07 Å². The van der Waals surface area contributed by atoms with Crippen LogP contribution in [0.4, 0.5) is 5.82 Å². The van der Waals surface area contributed by atoms with Gasteiger partial charge in [-0.25, -0.2) is 9.97 Å². The maximum atomic E-state index is 5.61. The summed E-state index contributed by atoms with van der Waals surface area (Å²) in [5.74, 6) is 1.65. The van der Waals surface area contributed by atoms with Crippen molar-refractivity contribution in [2.75, 3.05) is 24.5 Å². The molecule has 70 valence electrons. The lowest BCUT2D eigenvalue weighted by atomic mass is 10.1. The summed E-state index contributed by atoms with van der Waals surface area (Å²) in [6.07, 6.45) is 4.55. The summed E-state index contributed by atoms with van der Waals surface area (Å²) in [6, 6.07) is 1.94. The monoisotopic (exact) mass is 178 g/mol. The molecular weight excluding hydrogens is 164 g/mol. The Morgan fingerprint density at radius 3 is 3.15 bits per heavy atom. The Bertz CT molecular complexity index is 262. The maximum Gasteiger partial charge on any atom is 0.131 e. The Hall–Kier alpha value is -1.16. The van der Waals surface area contributed by atoms with E-state index in [9.17, 15) is 0 Å². The van der Waals surface area contributed by atoms with E-state index >= 15 is 0 Å². The van der Waals surface area contributed by atoms with Crippen molar-refractivity contribution in [3.63, 3.8) is 0 Å². The summed E-state index contributed by atoms with van der Waals surface area (Å²) >= 11 is 0. The van der Waals surface area contributed by atoms with Crippen LogP contribution in [0.15, 0.2) is 18.6 Å². The van der Waals surface area contributed by atoms with E-state index in [1.54, 1.807) is 12.5 Å². The number of hydrogen-bond donors (Lipinski definition) is 1. The van der Waals surface area contributed by atoms with Crippen LogP contribution in [0.2, 0.25) is 0 Å². The zero-order chi connectivity index (χ0) is 9.10. The van der Waals surface area contributed by atoms with Crippen molar-refractivity contribution >= 4 is 5.82 Å². The maximum absolute atomic E-state index is 5.61. The molecule has 1 unspecified atom stereocenters. The molecule has 1 aliphatic rings. The molecule has 0 radical (unpaired) electrons. The van der Waals surface area contributed by atoms with Crippen molar-refractivity contribution in [1.29, 1.82) is 0 Å². The van der Waals surface area contributed by atoms with Crippen molar-refractivity contribution < 1.29 is 0 Å². The first-order valence-corrected chi connectivity index (χ1v) is 4.61. The predicted molar refractivity (Wildman–Crippen MR) is 51.4 cm³/mol. The topological polar surface area (TPSA) is 55.0 Å². The van der Waals surface area contributed by atoms with Gasteiger partial charge in [0.25, 0.3) is 0 Å². The minimum Gasteiger partial charge on any atom is -0.356 e. The molecule has 0 saturated carbocycles. The number of nitrogens with two attached hydrogens (primary N) is 1. The van der Waals surface area contributed by atoms with E-state index < -0.39 is 0 Å². The molecule has 0 bridgehead atoms. The fourth-order valence-electron chi connectivity index (χ4n) is 1.70. The minimum atomic E-state index is 0.634. The molecular formula is C9H14N4. The van der Waals surface area contributed by atoms with Crippen molar-refractivity contribution in [3.8, 4) is 0 Å². The molecule has 1 fully saturated rings. The second-order valence-corrected chi connectivity index (χ2v) is 3.40. The first kappa shape index (κ1) is 8.44. The van der Waals surface area contributed by atoms with Gasteiger partial charge in [-0.05, 0) is 24.9 Å².